The molecule has 2 aromatic rings. The molecule has 17 heavy (non-hydrogen) atoms. The quantitative estimate of drug-likeness (QED) is 0.540. The van der Waals surface area contributed by atoms with E-state index in [9.17, 15) is 0 Å². The summed E-state index contributed by atoms with van der Waals surface area (Å²) in [6.07, 6.45) is 0.942. The zero-order chi connectivity index (χ0) is 12.1. The second kappa shape index (κ2) is 5.57. The molecule has 2 rings (SSSR count). The number of hydrogen-bond donors (Lipinski definition) is 1. The molecule has 0 saturated heterocycles. The Balaban J connectivity index is 1.75. The Kier molecular flexibility index (Phi) is 3.85. The van der Waals surface area contributed by atoms with Gasteiger partial charge in [0.05, 0.1) is 0 Å². The molecule has 9 nitrogen and oxygen atoms in total. The normalized spacial score (nSPS) is 10.7. The summed E-state index contributed by atoms with van der Waals surface area (Å²) in [7, 11) is 3.62. The van der Waals surface area contributed by atoms with Crippen molar-refractivity contribution in [2.45, 2.75) is 18.1 Å². The molecule has 0 amide bonds. The van der Waals surface area contributed by atoms with Crippen molar-refractivity contribution in [1.29, 1.82) is 0 Å². The Hall–Kier alpha value is -1.71. The molecule has 0 radical (unpaired) electrons. The van der Waals surface area contributed by atoms with Gasteiger partial charge in [-0.05, 0) is 27.3 Å². The number of hydrogen-bond acceptors (Lipinski definition) is 8. The number of aromatic nitrogens is 8. The summed E-state index contributed by atoms with van der Waals surface area (Å²) in [5, 5.41) is 26.3. The Morgan fingerprint density at radius 2 is 2.06 bits per heavy atom. The topological polar surface area (TPSA) is 99.2 Å². The van der Waals surface area contributed by atoms with Crippen molar-refractivity contribution in [3.8, 4) is 0 Å². The molecule has 0 atom stereocenters. The Morgan fingerprint density at radius 3 is 2.76 bits per heavy atom. The van der Waals surface area contributed by atoms with Crippen molar-refractivity contribution in [2.24, 2.45) is 7.05 Å². The monoisotopic (exact) mass is 255 g/mol. The largest absolute Gasteiger partial charge is 0.356 e. The lowest BCUT2D eigenvalue weighted by Crippen LogP contribution is -2.06. The van der Waals surface area contributed by atoms with Crippen molar-refractivity contribution in [2.75, 3.05) is 18.1 Å². The summed E-state index contributed by atoms with van der Waals surface area (Å²) in [6, 6.07) is 0. The molecule has 0 unspecified atom stereocenters. The zero-order valence-corrected chi connectivity index (χ0v) is 10.4. The minimum Gasteiger partial charge on any atom is -0.356 e. The minimum atomic E-state index is 0.676. The second-order valence-electron chi connectivity index (χ2n) is 3.26. The highest BCUT2D eigenvalue weighted by atomic mass is 32.2. The van der Waals surface area contributed by atoms with E-state index in [0.29, 0.717) is 5.95 Å². The third kappa shape index (κ3) is 2.90. The van der Waals surface area contributed by atoms with E-state index in [1.807, 2.05) is 7.05 Å². The van der Waals surface area contributed by atoms with Gasteiger partial charge in [-0.25, -0.2) is 9.36 Å². The Labute approximate surface area is 102 Å². The summed E-state index contributed by atoms with van der Waals surface area (Å²) < 4.78 is 3.39. The van der Waals surface area contributed by atoms with Gasteiger partial charge >= 0.3 is 0 Å². The number of rotatable bonds is 6. The predicted octanol–water partition coefficient (Wildman–Crippen LogP) is -0.579. The van der Waals surface area contributed by atoms with Crippen molar-refractivity contribution in [1.82, 2.24) is 40.4 Å². The first kappa shape index (κ1) is 11.8. The molecule has 0 saturated carbocycles. The van der Waals surface area contributed by atoms with E-state index in [0.717, 1.165) is 23.9 Å². The van der Waals surface area contributed by atoms with Crippen LogP contribution in [0.4, 0.5) is 5.95 Å². The van der Waals surface area contributed by atoms with Gasteiger partial charge in [-0.15, -0.1) is 5.10 Å². The van der Waals surface area contributed by atoms with Crippen LogP contribution in [0.25, 0.3) is 0 Å². The lowest BCUT2D eigenvalue weighted by molar-refractivity contribution is 0.586. The van der Waals surface area contributed by atoms with E-state index >= 15 is 0 Å². The highest BCUT2D eigenvalue weighted by Gasteiger charge is 2.05. The smallest absolute Gasteiger partial charge is 0.242 e. The molecular weight excluding hydrogens is 242 g/mol. The molecule has 0 aromatic carbocycles. The summed E-state index contributed by atoms with van der Waals surface area (Å²) in [5.74, 6) is 1.59. The fraction of sp³-hybridized carbons (Fsp3) is 0.714. The van der Waals surface area contributed by atoms with Gasteiger partial charge in [0.1, 0.15) is 0 Å². The minimum absolute atomic E-state index is 0.676. The highest BCUT2D eigenvalue weighted by molar-refractivity contribution is 7.99. The summed E-state index contributed by atoms with van der Waals surface area (Å²) >= 11 is 1.61. The lowest BCUT2D eigenvalue weighted by atomic mass is 10.5. The first-order valence-electron chi connectivity index (χ1n) is 5.10. The SMILES string of the molecule is CNc1nnnn1CCCSc1nnnn1C. The first-order valence-corrected chi connectivity index (χ1v) is 6.09. The Bertz CT molecular complexity index is 463. The van der Waals surface area contributed by atoms with Crippen molar-refractivity contribution < 1.29 is 0 Å². The van der Waals surface area contributed by atoms with Crippen LogP contribution >= 0.6 is 11.8 Å². The van der Waals surface area contributed by atoms with Crippen LogP contribution in [0.2, 0.25) is 0 Å². The van der Waals surface area contributed by atoms with Crippen molar-refractivity contribution in [3.05, 3.63) is 0 Å². The third-order valence-electron chi connectivity index (χ3n) is 2.08. The van der Waals surface area contributed by atoms with E-state index in [1.54, 1.807) is 28.2 Å². The second-order valence-corrected chi connectivity index (χ2v) is 4.32. The molecule has 0 aliphatic rings. The van der Waals surface area contributed by atoms with E-state index in [1.165, 1.54) is 0 Å². The van der Waals surface area contributed by atoms with Crippen LogP contribution in [-0.2, 0) is 13.6 Å². The van der Waals surface area contributed by atoms with Gasteiger partial charge in [0, 0.05) is 26.4 Å². The van der Waals surface area contributed by atoms with Crippen LogP contribution < -0.4 is 5.32 Å². The fourth-order valence-electron chi connectivity index (χ4n) is 1.26. The summed E-state index contributed by atoms with van der Waals surface area (Å²) in [5.41, 5.74) is 0. The first-order chi connectivity index (χ1) is 8.31. The fourth-order valence-corrected chi connectivity index (χ4v) is 2.03. The molecular formula is C7H13N9S. The van der Waals surface area contributed by atoms with Gasteiger partial charge in [0.25, 0.3) is 0 Å². The van der Waals surface area contributed by atoms with E-state index in [-0.39, 0.29) is 0 Å². The number of aryl methyl sites for hydroxylation is 2. The van der Waals surface area contributed by atoms with Crippen LogP contribution in [-0.4, -0.2) is 53.2 Å². The van der Waals surface area contributed by atoms with Gasteiger partial charge in [-0.3, -0.25) is 0 Å². The average molecular weight is 255 g/mol. The highest BCUT2D eigenvalue weighted by Crippen LogP contribution is 2.14. The standard InChI is InChI=1S/C7H13N9S/c1-8-6-9-11-14-16(6)4-3-5-17-7-10-12-13-15(7)2/h3-5H2,1-2H3,(H,8,9,14). The zero-order valence-electron chi connectivity index (χ0n) is 9.61. The maximum atomic E-state index is 3.89. The van der Waals surface area contributed by atoms with Gasteiger partial charge in [0.2, 0.25) is 11.1 Å². The van der Waals surface area contributed by atoms with Crippen molar-refractivity contribution >= 4 is 17.7 Å². The van der Waals surface area contributed by atoms with Crippen LogP contribution in [0, 0.1) is 0 Å². The number of thioether (sulfide) groups is 1. The molecule has 0 aliphatic carbocycles. The maximum Gasteiger partial charge on any atom is 0.242 e. The van der Waals surface area contributed by atoms with Crippen LogP contribution in [0.1, 0.15) is 6.42 Å². The molecule has 0 spiro atoms. The van der Waals surface area contributed by atoms with Gasteiger partial charge in [0.15, 0.2) is 0 Å². The summed E-state index contributed by atoms with van der Waals surface area (Å²) in [4.78, 5) is 0. The lowest BCUT2D eigenvalue weighted by Gasteiger charge is -2.02. The molecule has 2 aromatic heterocycles. The number of nitrogens with zero attached hydrogens (tertiary/aromatic N) is 8. The molecule has 92 valence electrons. The molecule has 0 aliphatic heterocycles. The molecule has 0 fully saturated rings. The van der Waals surface area contributed by atoms with Crippen LogP contribution in [0.15, 0.2) is 5.16 Å². The van der Waals surface area contributed by atoms with Gasteiger partial charge in [-0.1, -0.05) is 16.9 Å². The van der Waals surface area contributed by atoms with Crippen LogP contribution in [0.3, 0.4) is 0 Å². The summed E-state index contributed by atoms with van der Waals surface area (Å²) in [6.45, 7) is 0.765. The van der Waals surface area contributed by atoms with Gasteiger partial charge in [-0.2, -0.15) is 0 Å². The Morgan fingerprint density at radius 1 is 1.24 bits per heavy atom. The van der Waals surface area contributed by atoms with E-state index < -0.39 is 0 Å². The van der Waals surface area contributed by atoms with E-state index in [4.69, 9.17) is 0 Å². The predicted molar refractivity (Wildman–Crippen MR) is 61.5 cm³/mol. The third-order valence-corrected chi connectivity index (χ3v) is 3.18. The number of tetrazole rings is 2. The number of anilines is 1. The molecule has 1 N–H and O–H groups in total. The molecule has 2 heterocycles. The van der Waals surface area contributed by atoms with E-state index in [2.05, 4.69) is 36.4 Å². The number of nitrogens with one attached hydrogen (secondary N) is 1. The maximum absolute atomic E-state index is 3.89. The van der Waals surface area contributed by atoms with Crippen LogP contribution in [0.5, 0.6) is 0 Å². The average Bonchev–Trinajstić information content (AvgIpc) is 2.93. The van der Waals surface area contributed by atoms with Gasteiger partial charge < -0.3 is 5.32 Å². The molecule has 0 bridgehead atoms. The van der Waals surface area contributed by atoms with Crippen molar-refractivity contribution in [3.63, 3.8) is 0 Å². The molecule has 10 heteroatoms.